The average molecular weight is 285 g/mol. The third-order valence-electron chi connectivity index (χ3n) is 3.62. The second-order valence-electron chi connectivity index (χ2n) is 5.18. The molecule has 0 aliphatic carbocycles. The normalized spacial score (nSPS) is 18.8. The SMILES string of the molecule is C[C@H]1COCCN1c1cc(CO)nc(-c2ccccc2)n1. The third-order valence-corrected chi connectivity index (χ3v) is 3.62. The summed E-state index contributed by atoms with van der Waals surface area (Å²) in [4.78, 5) is 11.3. The average Bonchev–Trinajstić information content (AvgIpc) is 2.55. The predicted octanol–water partition coefficient (Wildman–Crippen LogP) is 1.86. The fourth-order valence-corrected chi connectivity index (χ4v) is 2.50. The van der Waals surface area contributed by atoms with Crippen molar-refractivity contribution in [2.24, 2.45) is 0 Å². The standard InChI is InChI=1S/C16H19N3O2/c1-12-11-21-8-7-19(12)15-9-14(10-20)17-16(18-15)13-5-3-2-4-6-13/h2-6,9,12,20H,7-8,10-11H2,1H3/t12-/m0/s1. The van der Waals surface area contributed by atoms with Crippen molar-refractivity contribution in [2.45, 2.75) is 19.6 Å². The maximum atomic E-state index is 9.46. The lowest BCUT2D eigenvalue weighted by atomic mass is 10.2. The Morgan fingerprint density at radius 3 is 2.81 bits per heavy atom. The molecule has 2 aromatic rings. The van der Waals surface area contributed by atoms with Gasteiger partial charge < -0.3 is 14.7 Å². The molecule has 0 bridgehead atoms. The molecule has 0 amide bonds. The molecule has 3 rings (SSSR count). The maximum Gasteiger partial charge on any atom is 0.161 e. The van der Waals surface area contributed by atoms with Gasteiger partial charge in [-0.1, -0.05) is 30.3 Å². The molecule has 1 fully saturated rings. The summed E-state index contributed by atoms with van der Waals surface area (Å²) in [6, 6.07) is 12.0. The van der Waals surface area contributed by atoms with Crippen LogP contribution in [-0.4, -0.2) is 40.9 Å². The molecule has 1 aliphatic rings. The minimum Gasteiger partial charge on any atom is -0.390 e. The molecule has 0 spiro atoms. The first-order chi connectivity index (χ1) is 10.3. The molecular weight excluding hydrogens is 266 g/mol. The van der Waals surface area contributed by atoms with Crippen LogP contribution in [0.4, 0.5) is 5.82 Å². The first-order valence-electron chi connectivity index (χ1n) is 7.16. The van der Waals surface area contributed by atoms with Crippen LogP contribution in [0.2, 0.25) is 0 Å². The highest BCUT2D eigenvalue weighted by Gasteiger charge is 2.21. The van der Waals surface area contributed by atoms with Crippen molar-refractivity contribution in [1.29, 1.82) is 0 Å². The van der Waals surface area contributed by atoms with Crippen LogP contribution in [0.25, 0.3) is 11.4 Å². The molecule has 1 aromatic carbocycles. The van der Waals surface area contributed by atoms with E-state index in [2.05, 4.69) is 21.8 Å². The van der Waals surface area contributed by atoms with Gasteiger partial charge in [0.05, 0.1) is 31.6 Å². The van der Waals surface area contributed by atoms with Gasteiger partial charge in [0.25, 0.3) is 0 Å². The Balaban J connectivity index is 2.01. The topological polar surface area (TPSA) is 58.5 Å². The van der Waals surface area contributed by atoms with E-state index in [9.17, 15) is 5.11 Å². The molecular formula is C16H19N3O2. The number of morpholine rings is 1. The number of benzene rings is 1. The Bertz CT molecular complexity index is 604. The van der Waals surface area contributed by atoms with E-state index in [1.807, 2.05) is 36.4 Å². The van der Waals surface area contributed by atoms with Crippen molar-refractivity contribution >= 4 is 5.82 Å². The number of aromatic nitrogens is 2. The molecule has 1 aromatic heterocycles. The van der Waals surface area contributed by atoms with Gasteiger partial charge in [-0.15, -0.1) is 0 Å². The molecule has 5 nitrogen and oxygen atoms in total. The number of hydrogen-bond donors (Lipinski definition) is 1. The highest BCUT2D eigenvalue weighted by Crippen LogP contribution is 2.22. The summed E-state index contributed by atoms with van der Waals surface area (Å²) in [7, 11) is 0. The van der Waals surface area contributed by atoms with E-state index in [1.165, 1.54) is 0 Å². The lowest BCUT2D eigenvalue weighted by Crippen LogP contribution is -2.44. The molecule has 1 aliphatic heterocycles. The van der Waals surface area contributed by atoms with Gasteiger partial charge >= 0.3 is 0 Å². The Labute approximate surface area is 124 Å². The van der Waals surface area contributed by atoms with Crippen LogP contribution in [0.3, 0.4) is 0 Å². The molecule has 1 N–H and O–H groups in total. The Morgan fingerprint density at radius 1 is 1.29 bits per heavy atom. The number of hydrogen-bond acceptors (Lipinski definition) is 5. The fourth-order valence-electron chi connectivity index (χ4n) is 2.50. The van der Waals surface area contributed by atoms with Crippen molar-refractivity contribution in [1.82, 2.24) is 9.97 Å². The van der Waals surface area contributed by atoms with E-state index in [0.717, 1.165) is 17.9 Å². The fraction of sp³-hybridized carbons (Fsp3) is 0.375. The van der Waals surface area contributed by atoms with Crippen LogP contribution in [0.1, 0.15) is 12.6 Å². The predicted molar refractivity (Wildman–Crippen MR) is 81.0 cm³/mol. The largest absolute Gasteiger partial charge is 0.390 e. The molecule has 0 radical (unpaired) electrons. The minimum atomic E-state index is -0.0892. The van der Waals surface area contributed by atoms with Crippen LogP contribution < -0.4 is 4.90 Å². The monoisotopic (exact) mass is 285 g/mol. The van der Waals surface area contributed by atoms with Crippen molar-refractivity contribution < 1.29 is 9.84 Å². The van der Waals surface area contributed by atoms with Crippen molar-refractivity contribution in [3.63, 3.8) is 0 Å². The Hall–Kier alpha value is -1.98. The summed E-state index contributed by atoms with van der Waals surface area (Å²) in [6.07, 6.45) is 0. The maximum absolute atomic E-state index is 9.46. The molecule has 21 heavy (non-hydrogen) atoms. The summed E-state index contributed by atoms with van der Waals surface area (Å²) in [5.41, 5.74) is 1.59. The van der Waals surface area contributed by atoms with E-state index in [1.54, 1.807) is 0 Å². The summed E-state index contributed by atoms with van der Waals surface area (Å²) >= 11 is 0. The van der Waals surface area contributed by atoms with Crippen molar-refractivity contribution in [2.75, 3.05) is 24.7 Å². The number of rotatable bonds is 3. The van der Waals surface area contributed by atoms with E-state index in [0.29, 0.717) is 24.7 Å². The van der Waals surface area contributed by atoms with Crippen LogP contribution >= 0.6 is 0 Å². The molecule has 5 heteroatoms. The smallest absolute Gasteiger partial charge is 0.161 e. The second kappa shape index (κ2) is 6.20. The first-order valence-corrected chi connectivity index (χ1v) is 7.16. The zero-order valence-corrected chi connectivity index (χ0v) is 12.1. The van der Waals surface area contributed by atoms with Gasteiger partial charge in [0.1, 0.15) is 5.82 Å². The van der Waals surface area contributed by atoms with Gasteiger partial charge in [0, 0.05) is 18.2 Å². The molecule has 110 valence electrons. The summed E-state index contributed by atoms with van der Waals surface area (Å²) in [6.45, 7) is 4.22. The quantitative estimate of drug-likeness (QED) is 0.933. The third kappa shape index (κ3) is 3.04. The van der Waals surface area contributed by atoms with Gasteiger partial charge in [-0.2, -0.15) is 0 Å². The van der Waals surface area contributed by atoms with Crippen LogP contribution in [0, 0.1) is 0 Å². The van der Waals surface area contributed by atoms with E-state index >= 15 is 0 Å². The zero-order chi connectivity index (χ0) is 14.7. The molecule has 0 saturated carbocycles. The van der Waals surface area contributed by atoms with Gasteiger partial charge in [-0.25, -0.2) is 9.97 Å². The van der Waals surface area contributed by atoms with Crippen LogP contribution in [0.15, 0.2) is 36.4 Å². The van der Waals surface area contributed by atoms with Crippen molar-refractivity contribution in [3.8, 4) is 11.4 Å². The molecule has 0 unspecified atom stereocenters. The van der Waals surface area contributed by atoms with E-state index in [4.69, 9.17) is 4.74 Å². The summed E-state index contributed by atoms with van der Waals surface area (Å²) in [5.74, 6) is 1.50. The zero-order valence-electron chi connectivity index (χ0n) is 12.1. The highest BCUT2D eigenvalue weighted by atomic mass is 16.5. The highest BCUT2D eigenvalue weighted by molar-refractivity contribution is 5.58. The van der Waals surface area contributed by atoms with Gasteiger partial charge in [-0.3, -0.25) is 0 Å². The second-order valence-corrected chi connectivity index (χ2v) is 5.18. The minimum absolute atomic E-state index is 0.0892. The first kappa shape index (κ1) is 14.0. The lowest BCUT2D eigenvalue weighted by molar-refractivity contribution is 0.0985. The number of nitrogens with zero attached hydrogens (tertiary/aromatic N) is 3. The number of ether oxygens (including phenoxy) is 1. The number of aliphatic hydroxyl groups is 1. The summed E-state index contributed by atoms with van der Waals surface area (Å²) < 4.78 is 5.47. The summed E-state index contributed by atoms with van der Waals surface area (Å²) in [5, 5.41) is 9.46. The van der Waals surface area contributed by atoms with Gasteiger partial charge in [0.15, 0.2) is 5.82 Å². The van der Waals surface area contributed by atoms with E-state index in [-0.39, 0.29) is 12.6 Å². The lowest BCUT2D eigenvalue weighted by Gasteiger charge is -2.34. The van der Waals surface area contributed by atoms with Crippen LogP contribution in [-0.2, 0) is 11.3 Å². The Kier molecular flexibility index (Phi) is 4.13. The molecule has 2 heterocycles. The number of anilines is 1. The Morgan fingerprint density at radius 2 is 2.10 bits per heavy atom. The van der Waals surface area contributed by atoms with Gasteiger partial charge in [0.2, 0.25) is 0 Å². The van der Waals surface area contributed by atoms with Crippen molar-refractivity contribution in [3.05, 3.63) is 42.1 Å². The molecule has 1 saturated heterocycles. The van der Waals surface area contributed by atoms with Gasteiger partial charge in [-0.05, 0) is 6.92 Å². The van der Waals surface area contributed by atoms with Crippen LogP contribution in [0.5, 0.6) is 0 Å². The molecule has 1 atom stereocenters. The van der Waals surface area contributed by atoms with E-state index < -0.39 is 0 Å². The number of aliphatic hydroxyl groups excluding tert-OH is 1.